The van der Waals surface area contributed by atoms with Crippen LogP contribution in [0.3, 0.4) is 0 Å². The summed E-state index contributed by atoms with van der Waals surface area (Å²) in [4.78, 5) is 64.4. The number of carboxylic acid groups (broad SMARTS) is 1. The van der Waals surface area contributed by atoms with Crippen molar-refractivity contribution in [3.63, 3.8) is 0 Å². The Morgan fingerprint density at radius 2 is 1.81 bits per heavy atom. The maximum Gasteiger partial charge on any atom is 0.547 e. The number of imide groups is 1. The van der Waals surface area contributed by atoms with E-state index in [2.05, 4.69) is 21.2 Å². The molecule has 2 atom stereocenters. The number of nitrogens with one attached hydrogen (secondary N) is 2. The van der Waals surface area contributed by atoms with Crippen LogP contribution in [0.4, 0.5) is 18.0 Å². The lowest BCUT2D eigenvalue weighted by Crippen LogP contribution is -2.60. The van der Waals surface area contributed by atoms with Gasteiger partial charge in [-0.15, -0.1) is 0 Å². The van der Waals surface area contributed by atoms with Crippen molar-refractivity contribution >= 4 is 52.8 Å². The maximum absolute atomic E-state index is 15.0. The molecule has 0 spiro atoms. The van der Waals surface area contributed by atoms with Crippen molar-refractivity contribution in [1.29, 1.82) is 0 Å². The molecule has 2 aliphatic heterocycles. The Labute approximate surface area is 248 Å². The molecular formula is C24H21BBrF3N4O10. The minimum absolute atomic E-state index is 0.0279. The van der Waals surface area contributed by atoms with E-state index in [1.54, 1.807) is 0 Å². The summed E-state index contributed by atoms with van der Waals surface area (Å²) in [6.07, 6.45) is -0.377. The lowest BCUT2D eigenvalue weighted by Gasteiger charge is -2.33. The highest BCUT2D eigenvalue weighted by Crippen LogP contribution is 2.36. The molecule has 6 N–H and O–H groups in total. The fourth-order valence-corrected chi connectivity index (χ4v) is 4.98. The normalized spacial score (nSPS) is 17.2. The third-order valence-electron chi connectivity index (χ3n) is 6.69. The summed E-state index contributed by atoms with van der Waals surface area (Å²) in [5.74, 6) is -14.8. The van der Waals surface area contributed by atoms with Crippen LogP contribution in [0, 0.1) is 17.5 Å². The summed E-state index contributed by atoms with van der Waals surface area (Å²) in [5, 5.41) is 43.6. The number of hydrogen-bond donors (Lipinski definition) is 6. The van der Waals surface area contributed by atoms with Crippen LogP contribution in [0.1, 0.15) is 27.5 Å². The SMILES string of the molecule is O=C(O)c1c(F)ccc2c1OB(O)[C@@H](NC(=O)C(NC(=O)N1CCN(CCBr)C(=O)C1=O)c1c(F)cc(O)c(O)c1F)C2. The molecule has 43 heavy (non-hydrogen) atoms. The number of carbonyl (C=O) groups excluding carboxylic acids is 4. The molecular weight excluding hydrogens is 652 g/mol. The summed E-state index contributed by atoms with van der Waals surface area (Å²) >= 11 is 3.12. The summed E-state index contributed by atoms with van der Waals surface area (Å²) in [6, 6.07) is -1.61. The van der Waals surface area contributed by atoms with Crippen molar-refractivity contribution in [2.75, 3.05) is 25.0 Å². The van der Waals surface area contributed by atoms with E-state index in [9.17, 15) is 53.1 Å². The Morgan fingerprint density at radius 3 is 2.47 bits per heavy atom. The Morgan fingerprint density at radius 1 is 1.12 bits per heavy atom. The van der Waals surface area contributed by atoms with Gasteiger partial charge < -0.3 is 40.5 Å². The van der Waals surface area contributed by atoms with Gasteiger partial charge in [-0.1, -0.05) is 22.0 Å². The number of halogens is 4. The molecule has 228 valence electrons. The van der Waals surface area contributed by atoms with Crippen LogP contribution in [0.5, 0.6) is 17.2 Å². The topological polar surface area (TPSA) is 206 Å². The van der Waals surface area contributed by atoms with Gasteiger partial charge >= 0.3 is 30.9 Å². The zero-order chi connectivity index (χ0) is 31.7. The van der Waals surface area contributed by atoms with Gasteiger partial charge in [0.15, 0.2) is 17.3 Å². The van der Waals surface area contributed by atoms with Crippen molar-refractivity contribution in [1.82, 2.24) is 20.4 Å². The zero-order valence-corrected chi connectivity index (χ0v) is 23.2. The van der Waals surface area contributed by atoms with Gasteiger partial charge in [0.1, 0.15) is 29.0 Å². The molecule has 2 aromatic carbocycles. The standard InChI is InChI=1S/C24H21BBrF3N4O10/c26-3-4-32-5-6-33(22(38)21(32)37)24(41)31-17(14-11(28)8-12(34)18(35)16(14)29)20(36)30-13-7-9-1-2-10(27)15(23(39)40)19(9)43-25(13)42/h1-2,8,13,17,34-35,42H,3-7H2,(H,30,36)(H,31,41)(H,39,40)/t13-,17?/m0/s1. The van der Waals surface area contributed by atoms with E-state index in [1.165, 1.54) is 0 Å². The Hall–Kier alpha value is -4.52. The Bertz CT molecular complexity index is 1530. The van der Waals surface area contributed by atoms with E-state index in [1.807, 2.05) is 5.32 Å². The van der Waals surface area contributed by atoms with E-state index >= 15 is 4.39 Å². The number of phenols is 2. The highest BCUT2D eigenvalue weighted by Gasteiger charge is 2.43. The molecule has 1 fully saturated rings. The number of hydrogen-bond acceptors (Lipinski definition) is 9. The summed E-state index contributed by atoms with van der Waals surface area (Å²) < 4.78 is 49.1. The lowest BCUT2D eigenvalue weighted by molar-refractivity contribution is -0.153. The predicted octanol–water partition coefficient (Wildman–Crippen LogP) is 0.169. The van der Waals surface area contributed by atoms with E-state index in [4.69, 9.17) is 4.65 Å². The third kappa shape index (κ3) is 6.03. The minimum atomic E-state index is -2.38. The smallest absolute Gasteiger partial charge is 0.534 e. The van der Waals surface area contributed by atoms with Gasteiger partial charge in [-0.25, -0.2) is 22.8 Å². The second-order valence-electron chi connectivity index (χ2n) is 9.32. The molecule has 0 saturated carbocycles. The lowest BCUT2D eigenvalue weighted by atomic mass is 9.72. The molecule has 1 unspecified atom stereocenters. The molecule has 0 aromatic heterocycles. The molecule has 4 rings (SSSR count). The molecule has 2 aromatic rings. The number of carbonyl (C=O) groups is 5. The zero-order valence-electron chi connectivity index (χ0n) is 21.6. The number of benzene rings is 2. The van der Waals surface area contributed by atoms with Crippen LogP contribution in [0.15, 0.2) is 18.2 Å². The maximum atomic E-state index is 15.0. The third-order valence-corrected chi connectivity index (χ3v) is 7.04. The van der Waals surface area contributed by atoms with Crippen LogP contribution in [0.2, 0.25) is 0 Å². The molecule has 0 bridgehead atoms. The van der Waals surface area contributed by atoms with Gasteiger partial charge in [0, 0.05) is 31.0 Å². The van der Waals surface area contributed by atoms with Crippen molar-refractivity contribution < 1.29 is 62.1 Å². The molecule has 5 amide bonds. The average Bonchev–Trinajstić information content (AvgIpc) is 2.94. The molecule has 19 heteroatoms. The Balaban J connectivity index is 1.64. The van der Waals surface area contributed by atoms with Gasteiger partial charge in [-0.05, 0) is 18.1 Å². The number of urea groups is 1. The van der Waals surface area contributed by atoms with Gasteiger partial charge in [0.2, 0.25) is 5.91 Å². The second-order valence-corrected chi connectivity index (χ2v) is 10.1. The molecule has 0 radical (unpaired) electrons. The number of fused-ring (bicyclic) bond motifs is 1. The first kappa shape index (κ1) is 31.4. The molecule has 14 nitrogen and oxygen atoms in total. The van der Waals surface area contributed by atoms with E-state index in [0.29, 0.717) is 10.2 Å². The van der Waals surface area contributed by atoms with Crippen LogP contribution < -0.4 is 15.3 Å². The fourth-order valence-electron chi connectivity index (χ4n) is 4.55. The number of piperazine rings is 1. The molecule has 2 aliphatic rings. The minimum Gasteiger partial charge on any atom is -0.534 e. The first-order chi connectivity index (χ1) is 20.3. The summed E-state index contributed by atoms with van der Waals surface area (Å²) in [5.41, 5.74) is -2.13. The number of aromatic hydroxyl groups is 2. The van der Waals surface area contributed by atoms with Crippen molar-refractivity contribution in [2.24, 2.45) is 0 Å². The molecule has 0 aliphatic carbocycles. The van der Waals surface area contributed by atoms with Crippen LogP contribution in [-0.4, -0.2) is 97.9 Å². The van der Waals surface area contributed by atoms with Crippen LogP contribution in [0.25, 0.3) is 0 Å². The quantitative estimate of drug-likeness (QED) is 0.102. The highest BCUT2D eigenvalue weighted by molar-refractivity contribution is 9.09. The van der Waals surface area contributed by atoms with Gasteiger partial charge in [-0.3, -0.25) is 19.3 Å². The number of rotatable bonds is 7. The van der Waals surface area contributed by atoms with Crippen molar-refractivity contribution in [2.45, 2.75) is 18.4 Å². The largest absolute Gasteiger partial charge is 0.547 e. The number of phenolic OH excluding ortho intramolecular Hbond substituents is 2. The monoisotopic (exact) mass is 672 g/mol. The van der Waals surface area contributed by atoms with E-state index in [-0.39, 0.29) is 37.7 Å². The van der Waals surface area contributed by atoms with E-state index < -0.39 is 94.7 Å². The number of alkyl halides is 1. The van der Waals surface area contributed by atoms with Crippen molar-refractivity contribution in [3.05, 3.63) is 52.3 Å². The average molecular weight is 673 g/mol. The van der Waals surface area contributed by atoms with Gasteiger partial charge in [-0.2, -0.15) is 0 Å². The Kier molecular flexibility index (Phi) is 9.05. The van der Waals surface area contributed by atoms with Gasteiger partial charge in [0.25, 0.3) is 0 Å². The second kappa shape index (κ2) is 12.4. The molecule has 1 saturated heterocycles. The molecule has 2 heterocycles. The fraction of sp³-hybridized carbons (Fsp3) is 0.292. The number of aromatic carboxylic acids is 1. The first-order valence-corrected chi connectivity index (χ1v) is 13.5. The van der Waals surface area contributed by atoms with Crippen LogP contribution in [-0.2, 0) is 20.8 Å². The van der Waals surface area contributed by atoms with Crippen molar-refractivity contribution in [3.8, 4) is 17.2 Å². The predicted molar refractivity (Wildman–Crippen MR) is 141 cm³/mol. The van der Waals surface area contributed by atoms with Crippen LogP contribution >= 0.6 is 15.9 Å². The number of nitrogens with zero attached hydrogens (tertiary/aromatic N) is 2. The summed E-state index contributed by atoms with van der Waals surface area (Å²) in [7, 11) is -2.02. The highest BCUT2D eigenvalue weighted by atomic mass is 79.9. The summed E-state index contributed by atoms with van der Waals surface area (Å²) in [6.45, 7) is -0.297. The number of carboxylic acids is 1. The first-order valence-electron chi connectivity index (χ1n) is 12.3. The van der Waals surface area contributed by atoms with Gasteiger partial charge in [0.05, 0.1) is 11.5 Å². The number of amides is 5. The van der Waals surface area contributed by atoms with E-state index in [0.717, 1.165) is 17.0 Å².